The van der Waals surface area contributed by atoms with Crippen molar-refractivity contribution in [1.82, 2.24) is 9.47 Å². The molecule has 2 atom stereocenters. The Labute approximate surface area is 152 Å². The van der Waals surface area contributed by atoms with Crippen molar-refractivity contribution < 1.29 is 9.59 Å². The fourth-order valence-corrected chi connectivity index (χ4v) is 3.24. The predicted octanol–water partition coefficient (Wildman–Crippen LogP) is 2.39. The highest BCUT2D eigenvalue weighted by Gasteiger charge is 2.37. The van der Waals surface area contributed by atoms with Crippen LogP contribution < -0.4 is 10.9 Å². The minimum absolute atomic E-state index is 0.0141. The number of fused-ring (bicyclic) bond motifs is 1. The van der Waals surface area contributed by atoms with Gasteiger partial charge in [-0.2, -0.15) is 0 Å². The summed E-state index contributed by atoms with van der Waals surface area (Å²) >= 11 is 0. The molecule has 0 aliphatic carbocycles. The molecular weight excluding hydrogens is 330 g/mol. The van der Waals surface area contributed by atoms with Gasteiger partial charge in [0.15, 0.2) is 0 Å². The number of rotatable bonds is 3. The number of anilines is 1. The fourth-order valence-electron chi connectivity index (χ4n) is 3.24. The SMILES string of the molecule is CCC(C)C1C(=O)Nc2ccccc2CN1C(=O)c1ccn(C)c(=O)c1. The van der Waals surface area contributed by atoms with Crippen LogP contribution in [0.15, 0.2) is 47.4 Å². The Morgan fingerprint density at radius 1 is 1.27 bits per heavy atom. The van der Waals surface area contributed by atoms with E-state index in [2.05, 4.69) is 5.32 Å². The molecule has 0 saturated heterocycles. The molecule has 1 aromatic heterocycles. The average molecular weight is 353 g/mol. The second-order valence-corrected chi connectivity index (χ2v) is 6.77. The monoisotopic (exact) mass is 353 g/mol. The maximum absolute atomic E-state index is 13.2. The smallest absolute Gasteiger partial charge is 0.255 e. The van der Waals surface area contributed by atoms with E-state index in [4.69, 9.17) is 0 Å². The first-order valence-electron chi connectivity index (χ1n) is 8.78. The lowest BCUT2D eigenvalue weighted by Gasteiger charge is -2.32. The Bertz CT molecular complexity index is 903. The van der Waals surface area contributed by atoms with E-state index in [1.54, 1.807) is 24.2 Å². The molecule has 2 unspecified atom stereocenters. The Morgan fingerprint density at radius 3 is 2.69 bits per heavy atom. The molecule has 136 valence electrons. The number of carbonyl (C=O) groups excluding carboxylic acids is 2. The van der Waals surface area contributed by atoms with Gasteiger partial charge in [-0.1, -0.05) is 38.5 Å². The largest absolute Gasteiger partial charge is 0.324 e. The number of hydrogen-bond donors (Lipinski definition) is 1. The summed E-state index contributed by atoms with van der Waals surface area (Å²) in [5.74, 6) is -0.513. The highest BCUT2D eigenvalue weighted by atomic mass is 16.2. The van der Waals surface area contributed by atoms with Crippen molar-refractivity contribution in [2.24, 2.45) is 13.0 Å². The van der Waals surface area contributed by atoms with Gasteiger partial charge in [-0.15, -0.1) is 0 Å². The molecule has 1 N–H and O–H groups in total. The maximum Gasteiger partial charge on any atom is 0.255 e. The topological polar surface area (TPSA) is 71.4 Å². The van der Waals surface area contributed by atoms with Crippen molar-refractivity contribution in [3.05, 3.63) is 64.1 Å². The first-order chi connectivity index (χ1) is 12.4. The molecule has 0 bridgehead atoms. The van der Waals surface area contributed by atoms with Crippen LogP contribution in [0.2, 0.25) is 0 Å². The highest BCUT2D eigenvalue weighted by Crippen LogP contribution is 2.28. The number of nitrogens with zero attached hydrogens (tertiary/aromatic N) is 2. The third-order valence-electron chi connectivity index (χ3n) is 5.02. The van der Waals surface area contributed by atoms with Crippen LogP contribution in [0.4, 0.5) is 5.69 Å². The molecule has 6 nitrogen and oxygen atoms in total. The molecule has 26 heavy (non-hydrogen) atoms. The fraction of sp³-hybridized carbons (Fsp3) is 0.350. The van der Waals surface area contributed by atoms with Crippen molar-refractivity contribution in [2.45, 2.75) is 32.9 Å². The number of amides is 2. The molecule has 6 heteroatoms. The third-order valence-corrected chi connectivity index (χ3v) is 5.02. The van der Waals surface area contributed by atoms with Crippen molar-refractivity contribution in [1.29, 1.82) is 0 Å². The molecular formula is C20H23N3O3. The lowest BCUT2D eigenvalue weighted by atomic mass is 9.96. The number of nitrogens with one attached hydrogen (secondary N) is 1. The zero-order valence-electron chi connectivity index (χ0n) is 15.2. The molecule has 2 aromatic rings. The van der Waals surface area contributed by atoms with Gasteiger partial charge in [0.2, 0.25) is 5.91 Å². The molecule has 1 aliphatic rings. The second kappa shape index (κ2) is 7.15. The molecule has 2 amide bonds. The first-order valence-corrected chi connectivity index (χ1v) is 8.78. The van der Waals surface area contributed by atoms with E-state index in [1.165, 1.54) is 10.6 Å². The Kier molecular flexibility index (Phi) is 4.93. The Morgan fingerprint density at radius 2 is 2.00 bits per heavy atom. The highest BCUT2D eigenvalue weighted by molar-refractivity contribution is 6.02. The van der Waals surface area contributed by atoms with Crippen LogP contribution in [-0.2, 0) is 18.4 Å². The van der Waals surface area contributed by atoms with E-state index >= 15 is 0 Å². The average Bonchev–Trinajstić information content (AvgIpc) is 2.78. The molecule has 1 aliphatic heterocycles. The normalized spacial score (nSPS) is 17.9. The van der Waals surface area contributed by atoms with Crippen LogP contribution in [0.3, 0.4) is 0 Å². The minimum atomic E-state index is -0.594. The molecule has 2 heterocycles. The van der Waals surface area contributed by atoms with Gasteiger partial charge in [0, 0.05) is 37.1 Å². The lowest BCUT2D eigenvalue weighted by molar-refractivity contribution is -0.122. The maximum atomic E-state index is 13.2. The quantitative estimate of drug-likeness (QED) is 0.921. The van der Waals surface area contributed by atoms with Crippen molar-refractivity contribution in [3.8, 4) is 0 Å². The summed E-state index contributed by atoms with van der Waals surface area (Å²) < 4.78 is 1.41. The zero-order chi connectivity index (χ0) is 18.8. The minimum Gasteiger partial charge on any atom is -0.324 e. The molecule has 0 radical (unpaired) electrons. The van der Waals surface area contributed by atoms with Crippen LogP contribution in [0.1, 0.15) is 36.2 Å². The molecule has 0 fully saturated rings. The molecule has 0 spiro atoms. The zero-order valence-corrected chi connectivity index (χ0v) is 15.2. The van der Waals surface area contributed by atoms with Gasteiger partial charge in [0.25, 0.3) is 11.5 Å². The number of benzene rings is 1. The van der Waals surface area contributed by atoms with Gasteiger partial charge in [-0.3, -0.25) is 14.4 Å². The van der Waals surface area contributed by atoms with E-state index in [0.29, 0.717) is 12.1 Å². The second-order valence-electron chi connectivity index (χ2n) is 6.77. The van der Waals surface area contributed by atoms with Crippen LogP contribution in [-0.4, -0.2) is 27.3 Å². The summed E-state index contributed by atoms with van der Waals surface area (Å²) in [6.45, 7) is 4.28. The van der Waals surface area contributed by atoms with E-state index in [9.17, 15) is 14.4 Å². The van der Waals surface area contributed by atoms with Crippen molar-refractivity contribution >= 4 is 17.5 Å². The van der Waals surface area contributed by atoms with E-state index in [0.717, 1.165) is 17.7 Å². The summed E-state index contributed by atoms with van der Waals surface area (Å²) in [5, 5.41) is 2.95. The van der Waals surface area contributed by atoms with Gasteiger partial charge in [0.1, 0.15) is 6.04 Å². The van der Waals surface area contributed by atoms with Gasteiger partial charge >= 0.3 is 0 Å². The molecule has 3 rings (SSSR count). The number of aryl methyl sites for hydroxylation is 1. The van der Waals surface area contributed by atoms with Crippen LogP contribution in [0, 0.1) is 5.92 Å². The van der Waals surface area contributed by atoms with Crippen molar-refractivity contribution in [3.63, 3.8) is 0 Å². The predicted molar refractivity (Wildman–Crippen MR) is 99.9 cm³/mol. The summed E-state index contributed by atoms with van der Waals surface area (Å²) in [6, 6.07) is 9.83. The first kappa shape index (κ1) is 17.9. The van der Waals surface area contributed by atoms with Crippen LogP contribution in [0.25, 0.3) is 0 Å². The van der Waals surface area contributed by atoms with Crippen molar-refractivity contribution in [2.75, 3.05) is 5.32 Å². The van der Waals surface area contributed by atoms with E-state index in [1.807, 2.05) is 38.1 Å². The Balaban J connectivity index is 2.06. The number of hydrogen-bond acceptors (Lipinski definition) is 3. The van der Waals surface area contributed by atoms with Gasteiger partial charge in [-0.25, -0.2) is 0 Å². The van der Waals surface area contributed by atoms with Crippen LogP contribution >= 0.6 is 0 Å². The summed E-state index contributed by atoms with van der Waals surface area (Å²) in [7, 11) is 1.63. The lowest BCUT2D eigenvalue weighted by Crippen LogP contribution is -2.49. The summed E-state index contributed by atoms with van der Waals surface area (Å²) in [5.41, 5.74) is 1.65. The summed E-state index contributed by atoms with van der Waals surface area (Å²) in [4.78, 5) is 39.6. The number of pyridine rings is 1. The number of para-hydroxylation sites is 1. The van der Waals surface area contributed by atoms with Crippen LogP contribution in [0.5, 0.6) is 0 Å². The van der Waals surface area contributed by atoms with Gasteiger partial charge in [-0.05, 0) is 23.6 Å². The number of aromatic nitrogens is 1. The molecule has 1 aromatic carbocycles. The third kappa shape index (κ3) is 3.27. The van der Waals surface area contributed by atoms with E-state index in [-0.39, 0.29) is 23.3 Å². The van der Waals surface area contributed by atoms with Gasteiger partial charge in [0.05, 0.1) is 0 Å². The van der Waals surface area contributed by atoms with Gasteiger partial charge < -0.3 is 14.8 Å². The molecule has 0 saturated carbocycles. The van der Waals surface area contributed by atoms with E-state index < -0.39 is 6.04 Å². The summed E-state index contributed by atoms with van der Waals surface area (Å²) in [6.07, 6.45) is 2.33. The Hall–Kier alpha value is -2.89. The standard InChI is InChI=1S/C20H23N3O3/c1-4-13(2)18-19(25)21-16-8-6-5-7-15(16)12-23(18)20(26)14-9-10-22(3)17(24)11-14/h5-11,13,18H,4,12H2,1-3H3,(H,21,25). The number of carbonyl (C=O) groups is 2.